The van der Waals surface area contributed by atoms with Crippen LogP contribution in [0.25, 0.3) is 0 Å². The third-order valence-corrected chi connectivity index (χ3v) is 3.78. The molecule has 0 saturated heterocycles. The summed E-state index contributed by atoms with van der Waals surface area (Å²) in [7, 11) is -1.42. The van der Waals surface area contributed by atoms with Crippen molar-refractivity contribution in [2.24, 2.45) is 0 Å². The summed E-state index contributed by atoms with van der Waals surface area (Å²) in [5.74, 6) is 0. The number of rotatable bonds is 3. The molecule has 0 aliphatic rings. The van der Waals surface area contributed by atoms with E-state index in [1.165, 1.54) is 14.1 Å². The maximum atomic E-state index is 12.5. The third kappa shape index (κ3) is 3.50. The monoisotopic (exact) mass is 302 g/mol. The van der Waals surface area contributed by atoms with Crippen LogP contribution in [0, 0.1) is 0 Å². The van der Waals surface area contributed by atoms with Crippen molar-refractivity contribution in [1.82, 2.24) is 4.31 Å². The number of halogens is 4. The largest absolute Gasteiger partial charge is 0.416 e. The van der Waals surface area contributed by atoms with Crippen LogP contribution in [0.5, 0.6) is 0 Å². The summed E-state index contributed by atoms with van der Waals surface area (Å²) in [5, 5.41) is -0.117. The van der Waals surface area contributed by atoms with Crippen LogP contribution in [-0.4, -0.2) is 26.8 Å². The molecule has 0 aliphatic heterocycles. The predicted molar refractivity (Wildman–Crippen MR) is 62.7 cm³/mol. The lowest BCUT2D eigenvalue weighted by molar-refractivity contribution is -0.137. The SMILES string of the molecule is CN(C)S(=O)(=O)Nc1cc(C(F)(F)F)ccc1Cl. The Kier molecular flexibility index (Phi) is 4.14. The molecule has 0 fully saturated rings. The lowest BCUT2D eigenvalue weighted by Gasteiger charge is -2.15. The maximum Gasteiger partial charge on any atom is 0.416 e. The first kappa shape index (κ1) is 15.1. The fraction of sp³-hybridized carbons (Fsp3) is 0.333. The van der Waals surface area contributed by atoms with Gasteiger partial charge in [0.15, 0.2) is 0 Å². The van der Waals surface area contributed by atoms with Gasteiger partial charge in [-0.1, -0.05) is 11.6 Å². The molecule has 0 aliphatic carbocycles. The zero-order chi connectivity index (χ0) is 14.1. The topological polar surface area (TPSA) is 49.4 Å². The smallest absolute Gasteiger partial charge is 0.269 e. The third-order valence-electron chi connectivity index (χ3n) is 2.01. The van der Waals surface area contributed by atoms with Crippen LogP contribution in [0.4, 0.5) is 18.9 Å². The number of anilines is 1. The number of nitrogens with one attached hydrogen (secondary N) is 1. The van der Waals surface area contributed by atoms with Gasteiger partial charge in [0.1, 0.15) is 0 Å². The Bertz CT molecular complexity index is 543. The zero-order valence-electron chi connectivity index (χ0n) is 9.42. The molecule has 0 amide bonds. The standard InChI is InChI=1S/C9H10ClF3N2O2S/c1-15(2)18(16,17)14-8-5-6(9(11,12)13)3-4-7(8)10/h3-5,14H,1-2H3. The summed E-state index contributed by atoms with van der Waals surface area (Å²) >= 11 is 5.64. The van der Waals surface area contributed by atoms with E-state index in [1.54, 1.807) is 0 Å². The molecule has 102 valence electrons. The molecule has 4 nitrogen and oxygen atoms in total. The van der Waals surface area contributed by atoms with Crippen molar-refractivity contribution < 1.29 is 21.6 Å². The molecule has 0 atom stereocenters. The highest BCUT2D eigenvalue weighted by Crippen LogP contribution is 2.34. The van der Waals surface area contributed by atoms with Gasteiger partial charge < -0.3 is 0 Å². The molecule has 9 heteroatoms. The quantitative estimate of drug-likeness (QED) is 0.933. The molecule has 1 aromatic carbocycles. The van der Waals surface area contributed by atoms with Gasteiger partial charge in [-0.2, -0.15) is 25.9 Å². The average molecular weight is 303 g/mol. The molecule has 0 radical (unpaired) electrons. The van der Waals surface area contributed by atoms with Crippen LogP contribution in [0.15, 0.2) is 18.2 Å². The summed E-state index contributed by atoms with van der Waals surface area (Å²) in [6, 6.07) is 2.40. The Balaban J connectivity index is 3.18. The van der Waals surface area contributed by atoms with Crippen molar-refractivity contribution in [3.8, 4) is 0 Å². The molecule has 0 spiro atoms. The van der Waals surface area contributed by atoms with Crippen molar-refractivity contribution in [1.29, 1.82) is 0 Å². The molecular formula is C9H10ClF3N2O2S. The molecular weight excluding hydrogens is 293 g/mol. The lowest BCUT2D eigenvalue weighted by atomic mass is 10.2. The predicted octanol–water partition coefficient (Wildman–Crippen LogP) is 2.58. The van der Waals surface area contributed by atoms with Gasteiger partial charge in [-0.15, -0.1) is 0 Å². The minimum absolute atomic E-state index is 0.117. The van der Waals surface area contributed by atoms with E-state index in [-0.39, 0.29) is 10.7 Å². The Hall–Kier alpha value is -0.990. The van der Waals surface area contributed by atoms with Gasteiger partial charge in [0.2, 0.25) is 0 Å². The zero-order valence-corrected chi connectivity index (χ0v) is 11.0. The summed E-state index contributed by atoms with van der Waals surface area (Å²) in [4.78, 5) is 0. The first-order valence-electron chi connectivity index (χ1n) is 4.61. The highest BCUT2D eigenvalue weighted by molar-refractivity contribution is 7.90. The van der Waals surface area contributed by atoms with Crippen LogP contribution < -0.4 is 4.72 Å². The van der Waals surface area contributed by atoms with Crippen LogP contribution in [0.2, 0.25) is 5.02 Å². The van der Waals surface area contributed by atoms with Crippen molar-refractivity contribution in [3.63, 3.8) is 0 Å². The van der Waals surface area contributed by atoms with E-state index < -0.39 is 21.9 Å². The van der Waals surface area contributed by atoms with Crippen molar-refractivity contribution in [3.05, 3.63) is 28.8 Å². The second-order valence-electron chi connectivity index (χ2n) is 3.58. The Morgan fingerprint density at radius 2 is 1.83 bits per heavy atom. The molecule has 18 heavy (non-hydrogen) atoms. The minimum Gasteiger partial charge on any atom is -0.269 e. The summed E-state index contributed by atoms with van der Waals surface area (Å²) < 4.78 is 63.1. The number of hydrogen-bond acceptors (Lipinski definition) is 2. The van der Waals surface area contributed by atoms with Gasteiger partial charge in [-0.25, -0.2) is 0 Å². The second-order valence-corrected chi connectivity index (χ2v) is 5.87. The van der Waals surface area contributed by atoms with E-state index in [0.29, 0.717) is 6.07 Å². The molecule has 0 saturated carbocycles. The molecule has 1 N–H and O–H groups in total. The van der Waals surface area contributed by atoms with Crippen LogP contribution in [0.3, 0.4) is 0 Å². The summed E-state index contributed by atoms with van der Waals surface area (Å²) in [5.41, 5.74) is -1.30. The number of benzene rings is 1. The molecule has 1 rings (SSSR count). The highest BCUT2D eigenvalue weighted by Gasteiger charge is 2.31. The molecule has 0 aromatic heterocycles. The van der Waals surface area contributed by atoms with Crippen molar-refractivity contribution >= 4 is 27.5 Å². The number of nitrogens with zero attached hydrogens (tertiary/aromatic N) is 1. The van der Waals surface area contributed by atoms with Gasteiger partial charge >= 0.3 is 16.4 Å². The normalized spacial score (nSPS) is 12.8. The van der Waals surface area contributed by atoms with E-state index >= 15 is 0 Å². The number of hydrogen-bond donors (Lipinski definition) is 1. The van der Waals surface area contributed by atoms with E-state index in [9.17, 15) is 21.6 Å². The van der Waals surface area contributed by atoms with Gasteiger partial charge in [0.25, 0.3) is 0 Å². The van der Waals surface area contributed by atoms with Gasteiger partial charge in [0, 0.05) is 14.1 Å². The van der Waals surface area contributed by atoms with Crippen molar-refractivity contribution in [2.45, 2.75) is 6.18 Å². The summed E-state index contributed by atoms with van der Waals surface area (Å²) in [6.07, 6.45) is -4.57. The molecule has 1 aromatic rings. The first-order valence-corrected chi connectivity index (χ1v) is 6.43. The Morgan fingerprint density at radius 3 is 2.28 bits per heavy atom. The Morgan fingerprint density at radius 1 is 1.28 bits per heavy atom. The molecule has 0 unspecified atom stereocenters. The van der Waals surface area contributed by atoms with E-state index in [2.05, 4.69) is 0 Å². The van der Waals surface area contributed by atoms with Crippen molar-refractivity contribution in [2.75, 3.05) is 18.8 Å². The number of alkyl halides is 3. The maximum absolute atomic E-state index is 12.5. The molecule has 0 heterocycles. The van der Waals surface area contributed by atoms with Crippen LogP contribution in [-0.2, 0) is 16.4 Å². The Labute approximate surface area is 108 Å². The van der Waals surface area contributed by atoms with E-state index in [1.807, 2.05) is 4.72 Å². The minimum atomic E-state index is -4.57. The van der Waals surface area contributed by atoms with Gasteiger partial charge in [0.05, 0.1) is 16.3 Å². The van der Waals surface area contributed by atoms with Crippen LogP contribution in [0.1, 0.15) is 5.56 Å². The van der Waals surface area contributed by atoms with Crippen LogP contribution >= 0.6 is 11.6 Å². The van der Waals surface area contributed by atoms with Gasteiger partial charge in [-0.05, 0) is 18.2 Å². The lowest BCUT2D eigenvalue weighted by Crippen LogP contribution is -2.29. The fourth-order valence-corrected chi connectivity index (χ4v) is 1.86. The van der Waals surface area contributed by atoms with Gasteiger partial charge in [-0.3, -0.25) is 4.72 Å². The fourth-order valence-electron chi connectivity index (χ4n) is 1.01. The second kappa shape index (κ2) is 4.94. The highest BCUT2D eigenvalue weighted by atomic mass is 35.5. The molecule has 0 bridgehead atoms. The summed E-state index contributed by atoms with van der Waals surface area (Å²) in [6.45, 7) is 0. The van der Waals surface area contributed by atoms with E-state index in [0.717, 1.165) is 16.4 Å². The van der Waals surface area contributed by atoms with E-state index in [4.69, 9.17) is 11.6 Å². The average Bonchev–Trinajstić information content (AvgIpc) is 2.19. The first-order chi connectivity index (χ1) is 8.04.